The van der Waals surface area contributed by atoms with E-state index in [1.807, 2.05) is 12.1 Å². The number of anilines is 1. The average Bonchev–Trinajstić information content (AvgIpc) is 2.57. The molecule has 2 aliphatic heterocycles. The van der Waals surface area contributed by atoms with E-state index in [9.17, 15) is 0 Å². The fraction of sp³-hybridized carbons (Fsp3) is 0.647. The average molecular weight is 290 g/mol. The highest BCUT2D eigenvalue weighted by molar-refractivity contribution is 5.49. The van der Waals surface area contributed by atoms with E-state index < -0.39 is 0 Å². The van der Waals surface area contributed by atoms with Crippen LogP contribution in [0.5, 0.6) is 5.75 Å². The van der Waals surface area contributed by atoms with Crippen LogP contribution in [0.15, 0.2) is 24.3 Å². The van der Waals surface area contributed by atoms with Crippen LogP contribution in [0.1, 0.15) is 19.3 Å². The molecule has 0 amide bonds. The van der Waals surface area contributed by atoms with Crippen LogP contribution in [0.4, 0.5) is 5.69 Å². The topological polar surface area (TPSA) is 24.9 Å². The lowest BCUT2D eigenvalue weighted by molar-refractivity contribution is -0.00645. The molecule has 0 bridgehead atoms. The first-order valence-electron chi connectivity index (χ1n) is 8.08. The summed E-state index contributed by atoms with van der Waals surface area (Å²) < 4.78 is 11.1. The molecule has 2 fully saturated rings. The molecule has 1 aromatic carbocycles. The maximum atomic E-state index is 5.85. The molecule has 1 aromatic rings. The molecular formula is C17H26N2O2. The third-order valence-electron chi connectivity index (χ3n) is 4.55. The molecule has 1 unspecified atom stereocenters. The quantitative estimate of drug-likeness (QED) is 0.850. The predicted octanol–water partition coefficient (Wildman–Crippen LogP) is 2.39. The Hall–Kier alpha value is -1.26. The zero-order valence-corrected chi connectivity index (χ0v) is 13.0. The molecule has 0 N–H and O–H groups in total. The lowest BCUT2D eigenvalue weighted by Crippen LogP contribution is -2.49. The van der Waals surface area contributed by atoms with Gasteiger partial charge in [0.05, 0.1) is 13.2 Å². The van der Waals surface area contributed by atoms with Gasteiger partial charge in [0, 0.05) is 45.0 Å². The fourth-order valence-electron chi connectivity index (χ4n) is 3.22. The molecule has 2 heterocycles. The van der Waals surface area contributed by atoms with E-state index in [0.717, 1.165) is 45.1 Å². The van der Waals surface area contributed by atoms with E-state index in [-0.39, 0.29) is 0 Å². The summed E-state index contributed by atoms with van der Waals surface area (Å²) in [4.78, 5) is 5.01. The summed E-state index contributed by atoms with van der Waals surface area (Å²) in [5, 5.41) is 0. The maximum absolute atomic E-state index is 5.85. The number of piperazine rings is 1. The number of rotatable bonds is 4. The first kappa shape index (κ1) is 14.7. The van der Waals surface area contributed by atoms with Gasteiger partial charge in [0.25, 0.3) is 0 Å². The van der Waals surface area contributed by atoms with Crippen LogP contribution in [0.25, 0.3) is 0 Å². The van der Waals surface area contributed by atoms with Gasteiger partial charge in [-0.15, -0.1) is 0 Å². The SMILES string of the molecule is COc1ccc(N2CCN(CC3CCCCO3)CC2)cc1. The summed E-state index contributed by atoms with van der Waals surface area (Å²) in [6, 6.07) is 8.38. The second-order valence-electron chi connectivity index (χ2n) is 5.97. The number of hydrogen-bond acceptors (Lipinski definition) is 4. The standard InChI is InChI=1S/C17H26N2O2/c1-20-16-7-5-15(6-8-16)19-11-9-18(10-12-19)14-17-4-2-3-13-21-17/h5-8,17H,2-4,9-14H2,1H3. The van der Waals surface area contributed by atoms with Gasteiger partial charge in [0.1, 0.15) is 5.75 Å². The largest absolute Gasteiger partial charge is 0.497 e. The lowest BCUT2D eigenvalue weighted by Gasteiger charge is -2.38. The van der Waals surface area contributed by atoms with Gasteiger partial charge in [-0.3, -0.25) is 4.90 Å². The Labute approximate surface area is 127 Å². The van der Waals surface area contributed by atoms with Gasteiger partial charge in [-0.2, -0.15) is 0 Å². The Morgan fingerprint density at radius 3 is 2.48 bits per heavy atom. The molecule has 4 heteroatoms. The summed E-state index contributed by atoms with van der Waals surface area (Å²) in [6.07, 6.45) is 4.27. The smallest absolute Gasteiger partial charge is 0.119 e. The van der Waals surface area contributed by atoms with E-state index in [4.69, 9.17) is 9.47 Å². The number of nitrogens with zero attached hydrogens (tertiary/aromatic N) is 2. The molecule has 3 rings (SSSR count). The van der Waals surface area contributed by atoms with Crippen LogP contribution in [-0.2, 0) is 4.74 Å². The Balaban J connectivity index is 1.47. The van der Waals surface area contributed by atoms with Crippen LogP contribution in [0, 0.1) is 0 Å². The van der Waals surface area contributed by atoms with Crippen molar-refractivity contribution < 1.29 is 9.47 Å². The molecule has 1 atom stereocenters. The number of ether oxygens (including phenoxy) is 2. The highest BCUT2D eigenvalue weighted by Crippen LogP contribution is 2.21. The summed E-state index contributed by atoms with van der Waals surface area (Å²) in [5.41, 5.74) is 1.30. The zero-order valence-electron chi connectivity index (χ0n) is 13.0. The van der Waals surface area contributed by atoms with Crippen LogP contribution < -0.4 is 9.64 Å². The van der Waals surface area contributed by atoms with Gasteiger partial charge >= 0.3 is 0 Å². The third kappa shape index (κ3) is 3.89. The van der Waals surface area contributed by atoms with Gasteiger partial charge < -0.3 is 14.4 Å². The monoisotopic (exact) mass is 290 g/mol. The summed E-state index contributed by atoms with van der Waals surface area (Å²) >= 11 is 0. The van der Waals surface area contributed by atoms with Crippen molar-refractivity contribution in [2.75, 3.05) is 51.3 Å². The first-order chi connectivity index (χ1) is 10.3. The van der Waals surface area contributed by atoms with Crippen molar-refractivity contribution in [2.45, 2.75) is 25.4 Å². The van der Waals surface area contributed by atoms with Crippen molar-refractivity contribution in [3.05, 3.63) is 24.3 Å². The minimum Gasteiger partial charge on any atom is -0.497 e. The molecule has 116 valence electrons. The van der Waals surface area contributed by atoms with Crippen LogP contribution in [0.3, 0.4) is 0 Å². The Kier molecular flexibility index (Phi) is 4.99. The lowest BCUT2D eigenvalue weighted by atomic mass is 10.1. The highest BCUT2D eigenvalue weighted by atomic mass is 16.5. The van der Waals surface area contributed by atoms with Crippen molar-refractivity contribution in [1.82, 2.24) is 4.90 Å². The van der Waals surface area contributed by atoms with Crippen molar-refractivity contribution in [3.8, 4) is 5.75 Å². The van der Waals surface area contributed by atoms with Gasteiger partial charge in [-0.25, -0.2) is 0 Å². The molecule has 21 heavy (non-hydrogen) atoms. The summed E-state index contributed by atoms with van der Waals surface area (Å²) in [6.45, 7) is 6.52. The molecule has 2 saturated heterocycles. The van der Waals surface area contributed by atoms with Gasteiger partial charge in [0.2, 0.25) is 0 Å². The third-order valence-corrected chi connectivity index (χ3v) is 4.55. The summed E-state index contributed by atoms with van der Waals surface area (Å²) in [7, 11) is 1.71. The number of benzene rings is 1. The Morgan fingerprint density at radius 1 is 1.10 bits per heavy atom. The minimum atomic E-state index is 0.464. The van der Waals surface area contributed by atoms with E-state index in [1.54, 1.807) is 7.11 Å². The predicted molar refractivity (Wildman–Crippen MR) is 85.2 cm³/mol. The molecule has 2 aliphatic rings. The number of hydrogen-bond donors (Lipinski definition) is 0. The first-order valence-corrected chi connectivity index (χ1v) is 8.08. The molecule has 4 nitrogen and oxygen atoms in total. The molecule has 0 aromatic heterocycles. The fourth-order valence-corrected chi connectivity index (χ4v) is 3.22. The molecule has 0 aliphatic carbocycles. The second-order valence-corrected chi connectivity index (χ2v) is 5.97. The van der Waals surface area contributed by atoms with Crippen molar-refractivity contribution >= 4 is 5.69 Å². The molecule has 0 radical (unpaired) electrons. The Morgan fingerprint density at radius 2 is 1.86 bits per heavy atom. The van der Waals surface area contributed by atoms with Crippen LogP contribution in [0.2, 0.25) is 0 Å². The normalized spacial score (nSPS) is 24.0. The van der Waals surface area contributed by atoms with Crippen LogP contribution in [-0.4, -0.2) is 57.4 Å². The van der Waals surface area contributed by atoms with Crippen molar-refractivity contribution in [1.29, 1.82) is 0 Å². The minimum absolute atomic E-state index is 0.464. The molecular weight excluding hydrogens is 264 g/mol. The van der Waals surface area contributed by atoms with E-state index >= 15 is 0 Å². The zero-order chi connectivity index (χ0) is 14.5. The van der Waals surface area contributed by atoms with Crippen molar-refractivity contribution in [2.24, 2.45) is 0 Å². The highest BCUT2D eigenvalue weighted by Gasteiger charge is 2.22. The van der Waals surface area contributed by atoms with Gasteiger partial charge in [-0.05, 0) is 43.5 Å². The Bertz CT molecular complexity index is 421. The second kappa shape index (κ2) is 7.14. The van der Waals surface area contributed by atoms with E-state index in [1.165, 1.54) is 24.9 Å². The van der Waals surface area contributed by atoms with E-state index in [0.29, 0.717) is 6.10 Å². The van der Waals surface area contributed by atoms with Crippen LogP contribution >= 0.6 is 0 Å². The van der Waals surface area contributed by atoms with Gasteiger partial charge in [-0.1, -0.05) is 0 Å². The van der Waals surface area contributed by atoms with Gasteiger partial charge in [0.15, 0.2) is 0 Å². The molecule has 0 spiro atoms. The van der Waals surface area contributed by atoms with Crippen molar-refractivity contribution in [3.63, 3.8) is 0 Å². The molecule has 0 saturated carbocycles. The summed E-state index contributed by atoms with van der Waals surface area (Å²) in [5.74, 6) is 0.923. The maximum Gasteiger partial charge on any atom is 0.119 e. The number of methoxy groups -OCH3 is 1. The van der Waals surface area contributed by atoms with E-state index in [2.05, 4.69) is 21.9 Å².